The fourth-order valence-electron chi connectivity index (χ4n) is 3.22. The van der Waals surface area contributed by atoms with Gasteiger partial charge in [0.2, 0.25) is 5.95 Å². The van der Waals surface area contributed by atoms with E-state index in [1.807, 2.05) is 36.1 Å². The number of nitrogens with two attached hydrogens (primary N) is 1. The first kappa shape index (κ1) is 16.5. The number of benzene rings is 1. The number of aromatic nitrogens is 4. The van der Waals surface area contributed by atoms with Crippen molar-refractivity contribution in [2.24, 2.45) is 0 Å². The third kappa shape index (κ3) is 3.11. The molecule has 134 valence electrons. The summed E-state index contributed by atoms with van der Waals surface area (Å²) >= 11 is 0. The molecule has 0 saturated carbocycles. The van der Waals surface area contributed by atoms with Gasteiger partial charge in [-0.25, -0.2) is 9.97 Å². The molecule has 4 rings (SSSR count). The van der Waals surface area contributed by atoms with E-state index in [0.29, 0.717) is 42.1 Å². The summed E-state index contributed by atoms with van der Waals surface area (Å²) in [6.07, 6.45) is 2.43. The van der Waals surface area contributed by atoms with Gasteiger partial charge in [-0.2, -0.15) is 4.98 Å². The van der Waals surface area contributed by atoms with Crippen molar-refractivity contribution in [1.82, 2.24) is 24.8 Å². The molecule has 1 fully saturated rings. The molecular weight excluding hydrogens is 332 g/mol. The van der Waals surface area contributed by atoms with E-state index >= 15 is 0 Å². The highest BCUT2D eigenvalue weighted by atomic mass is 16.5. The van der Waals surface area contributed by atoms with Gasteiger partial charge in [-0.15, -0.1) is 0 Å². The maximum absolute atomic E-state index is 13.0. The average molecular weight is 352 g/mol. The van der Waals surface area contributed by atoms with Gasteiger partial charge in [0.25, 0.3) is 5.91 Å². The minimum atomic E-state index is -0.00733. The number of hydrogen-bond donors (Lipinski definition) is 2. The first-order valence-corrected chi connectivity index (χ1v) is 8.60. The molecule has 1 unspecified atom stereocenters. The largest absolute Gasteiger partial charge is 0.377 e. The van der Waals surface area contributed by atoms with Crippen LogP contribution in [0.5, 0.6) is 0 Å². The van der Waals surface area contributed by atoms with Crippen molar-refractivity contribution in [2.45, 2.75) is 19.4 Å². The number of anilines is 1. The lowest BCUT2D eigenvalue weighted by molar-refractivity contribution is 0.0563. The van der Waals surface area contributed by atoms with Gasteiger partial charge in [0, 0.05) is 30.8 Å². The first-order chi connectivity index (χ1) is 12.6. The molecule has 3 N–H and O–H groups in total. The second kappa shape index (κ2) is 6.72. The monoisotopic (exact) mass is 352 g/mol. The number of nitrogens with one attached hydrogen (secondary N) is 1. The number of imidazole rings is 1. The lowest BCUT2D eigenvalue weighted by atomic mass is 10.1. The highest BCUT2D eigenvalue weighted by Gasteiger charge is 2.22. The van der Waals surface area contributed by atoms with Crippen molar-refractivity contribution < 1.29 is 9.53 Å². The van der Waals surface area contributed by atoms with Crippen molar-refractivity contribution in [1.29, 1.82) is 0 Å². The second-order valence-electron chi connectivity index (χ2n) is 6.40. The van der Waals surface area contributed by atoms with Gasteiger partial charge in [-0.3, -0.25) is 4.79 Å². The van der Waals surface area contributed by atoms with Gasteiger partial charge in [-0.1, -0.05) is 12.1 Å². The SMILES string of the molecule is CC1CN(C(=O)c2cccc(-c3nc(N)nc4nc[nH]c34)c2)CCCO1. The van der Waals surface area contributed by atoms with E-state index in [0.717, 1.165) is 12.0 Å². The van der Waals surface area contributed by atoms with Crippen molar-refractivity contribution in [3.8, 4) is 11.3 Å². The zero-order valence-corrected chi connectivity index (χ0v) is 14.5. The van der Waals surface area contributed by atoms with Crippen LogP contribution in [-0.4, -0.2) is 56.5 Å². The van der Waals surface area contributed by atoms with Crippen molar-refractivity contribution >= 4 is 23.0 Å². The Morgan fingerprint density at radius 2 is 2.27 bits per heavy atom. The smallest absolute Gasteiger partial charge is 0.253 e. The number of carbonyl (C=O) groups is 1. The summed E-state index contributed by atoms with van der Waals surface area (Å²) in [6, 6.07) is 7.39. The fraction of sp³-hybridized carbons (Fsp3) is 0.333. The second-order valence-corrected chi connectivity index (χ2v) is 6.40. The molecule has 0 radical (unpaired) electrons. The summed E-state index contributed by atoms with van der Waals surface area (Å²) in [5.74, 6) is 0.141. The maximum atomic E-state index is 13.0. The molecule has 0 bridgehead atoms. The summed E-state index contributed by atoms with van der Waals surface area (Å²) in [6.45, 7) is 3.95. The van der Waals surface area contributed by atoms with E-state index in [1.54, 1.807) is 6.33 Å². The van der Waals surface area contributed by atoms with Gasteiger partial charge in [0.15, 0.2) is 5.65 Å². The molecule has 1 atom stereocenters. The first-order valence-electron chi connectivity index (χ1n) is 8.60. The molecule has 3 aromatic rings. The van der Waals surface area contributed by atoms with Crippen LogP contribution in [0.15, 0.2) is 30.6 Å². The van der Waals surface area contributed by atoms with E-state index in [-0.39, 0.29) is 18.0 Å². The predicted octanol–water partition coefficient (Wildman–Crippen LogP) is 1.85. The van der Waals surface area contributed by atoms with Crippen LogP contribution in [0.1, 0.15) is 23.7 Å². The number of H-pyrrole nitrogens is 1. The number of amides is 1. The molecule has 8 nitrogen and oxygen atoms in total. The third-order valence-corrected chi connectivity index (χ3v) is 4.43. The number of ether oxygens (including phenoxy) is 1. The van der Waals surface area contributed by atoms with Crippen LogP contribution in [-0.2, 0) is 4.74 Å². The lowest BCUT2D eigenvalue weighted by Crippen LogP contribution is -2.35. The molecular formula is C18H20N6O2. The molecule has 0 spiro atoms. The number of hydrogen-bond acceptors (Lipinski definition) is 6. The average Bonchev–Trinajstić information content (AvgIpc) is 3.00. The molecule has 3 heterocycles. The van der Waals surface area contributed by atoms with Gasteiger partial charge in [-0.05, 0) is 25.5 Å². The molecule has 1 aliphatic heterocycles. The molecule has 1 aromatic carbocycles. The van der Waals surface area contributed by atoms with Crippen LogP contribution < -0.4 is 5.73 Å². The third-order valence-electron chi connectivity index (χ3n) is 4.43. The van der Waals surface area contributed by atoms with Gasteiger partial charge < -0.3 is 20.4 Å². The van der Waals surface area contributed by atoms with Crippen molar-refractivity contribution in [3.63, 3.8) is 0 Å². The molecule has 1 amide bonds. The lowest BCUT2D eigenvalue weighted by Gasteiger charge is -2.22. The Kier molecular flexibility index (Phi) is 4.26. The van der Waals surface area contributed by atoms with E-state index in [9.17, 15) is 4.79 Å². The predicted molar refractivity (Wildman–Crippen MR) is 97.5 cm³/mol. The number of carbonyl (C=O) groups excluding carboxylic acids is 1. The minimum Gasteiger partial charge on any atom is -0.377 e. The Morgan fingerprint density at radius 1 is 1.38 bits per heavy atom. The van der Waals surface area contributed by atoms with Crippen molar-refractivity contribution in [3.05, 3.63) is 36.2 Å². The van der Waals surface area contributed by atoms with Crippen LogP contribution >= 0.6 is 0 Å². The van der Waals surface area contributed by atoms with E-state index in [2.05, 4.69) is 19.9 Å². The highest BCUT2D eigenvalue weighted by Crippen LogP contribution is 2.26. The normalized spacial score (nSPS) is 18.0. The Hall–Kier alpha value is -3.00. The molecule has 1 saturated heterocycles. The minimum absolute atomic E-state index is 0.00733. The van der Waals surface area contributed by atoms with Crippen LogP contribution in [0.4, 0.5) is 5.95 Å². The van der Waals surface area contributed by atoms with Crippen molar-refractivity contribution in [2.75, 3.05) is 25.4 Å². The Labute approximate surface area is 150 Å². The van der Waals surface area contributed by atoms with E-state index in [1.165, 1.54) is 0 Å². The number of nitrogens with zero attached hydrogens (tertiary/aromatic N) is 4. The van der Waals surface area contributed by atoms with Crippen LogP contribution in [0.3, 0.4) is 0 Å². The zero-order chi connectivity index (χ0) is 18.1. The number of fused-ring (bicyclic) bond motifs is 1. The van der Waals surface area contributed by atoms with Crippen LogP contribution in [0.2, 0.25) is 0 Å². The standard InChI is InChI=1S/C18H20N6O2/c1-11-9-24(6-3-7-26-11)17(25)13-5-2-4-12(8-13)14-15-16(21-10-20-15)23-18(19)22-14/h2,4-5,8,10-11H,3,6-7,9H2,1H3,(H3,19,20,21,22,23). The Balaban J connectivity index is 1.70. The van der Waals surface area contributed by atoms with Crippen LogP contribution in [0.25, 0.3) is 22.4 Å². The quantitative estimate of drug-likeness (QED) is 0.728. The summed E-state index contributed by atoms with van der Waals surface area (Å²) in [5, 5.41) is 0. The zero-order valence-electron chi connectivity index (χ0n) is 14.5. The molecule has 0 aliphatic carbocycles. The molecule has 26 heavy (non-hydrogen) atoms. The maximum Gasteiger partial charge on any atom is 0.253 e. The van der Waals surface area contributed by atoms with E-state index in [4.69, 9.17) is 10.5 Å². The fourth-order valence-corrected chi connectivity index (χ4v) is 3.22. The summed E-state index contributed by atoms with van der Waals surface area (Å²) in [5.41, 5.74) is 9.04. The van der Waals surface area contributed by atoms with Gasteiger partial charge in [0.1, 0.15) is 11.2 Å². The Morgan fingerprint density at radius 3 is 3.15 bits per heavy atom. The summed E-state index contributed by atoms with van der Waals surface area (Å²) < 4.78 is 5.63. The van der Waals surface area contributed by atoms with Crippen LogP contribution in [0, 0.1) is 0 Å². The topological polar surface area (TPSA) is 110 Å². The number of rotatable bonds is 2. The summed E-state index contributed by atoms with van der Waals surface area (Å²) in [4.78, 5) is 30.4. The van der Waals surface area contributed by atoms with Gasteiger partial charge >= 0.3 is 0 Å². The highest BCUT2D eigenvalue weighted by molar-refractivity contribution is 5.97. The Bertz CT molecular complexity index is 954. The summed E-state index contributed by atoms with van der Waals surface area (Å²) in [7, 11) is 0. The number of aromatic amines is 1. The molecule has 1 aliphatic rings. The molecule has 2 aromatic heterocycles. The van der Waals surface area contributed by atoms with Gasteiger partial charge in [0.05, 0.1) is 12.4 Å². The van der Waals surface area contributed by atoms with E-state index < -0.39 is 0 Å². The molecule has 8 heteroatoms. The number of nitrogen functional groups attached to an aromatic ring is 1.